The van der Waals surface area contributed by atoms with Gasteiger partial charge >= 0.3 is 6.18 Å². The van der Waals surface area contributed by atoms with Crippen molar-refractivity contribution in [3.63, 3.8) is 0 Å². The van der Waals surface area contributed by atoms with Gasteiger partial charge in [0.15, 0.2) is 9.84 Å². The lowest BCUT2D eigenvalue weighted by Gasteiger charge is -2.14. The number of nitrogens with zero attached hydrogens (tertiary/aromatic N) is 3. The van der Waals surface area contributed by atoms with E-state index >= 15 is 0 Å². The fraction of sp³-hybridized carbons (Fsp3) is 0.125. The molecule has 0 amide bonds. The van der Waals surface area contributed by atoms with Gasteiger partial charge in [0.25, 0.3) is 20.0 Å². The summed E-state index contributed by atoms with van der Waals surface area (Å²) in [4.78, 5) is 37.2. The molecule has 23 heteroatoms. The maximum Gasteiger partial charge on any atom is 0.416 e. The number of hydrogen-bond acceptors (Lipinski definition) is 12. The van der Waals surface area contributed by atoms with Gasteiger partial charge < -0.3 is 4.74 Å². The van der Waals surface area contributed by atoms with Crippen molar-refractivity contribution in [2.45, 2.75) is 34.7 Å². The Morgan fingerprint density at radius 2 is 1.24 bits per heavy atom. The van der Waals surface area contributed by atoms with Gasteiger partial charge in [0.2, 0.25) is 11.6 Å². The van der Waals surface area contributed by atoms with Gasteiger partial charge in [0.05, 0.1) is 53.8 Å². The summed E-state index contributed by atoms with van der Waals surface area (Å²) in [5.74, 6) is -1.21. The molecule has 3 aromatic heterocycles. The minimum absolute atomic E-state index is 0.0518. The molecule has 0 spiro atoms. The van der Waals surface area contributed by atoms with Crippen LogP contribution in [-0.2, 0) is 36.1 Å². The first kappa shape index (κ1) is 48.4. The second-order valence-electron chi connectivity index (χ2n) is 13.1. The minimum atomic E-state index is -4.78. The monoisotopic (exact) mass is 983 g/mol. The largest absolute Gasteiger partial charge is 0.495 e. The molecule has 0 radical (unpaired) electrons. The van der Waals surface area contributed by atoms with Crippen molar-refractivity contribution in [2.24, 2.45) is 0 Å². The minimum Gasteiger partial charge on any atom is -0.495 e. The second-order valence-corrected chi connectivity index (χ2v) is 19.8. The predicted octanol–water partition coefficient (Wildman–Crippen LogP) is 8.63. The number of ether oxygens (including phenoxy) is 1. The number of benzene rings is 3. The molecule has 0 atom stereocenters. The molecule has 2 N–H and O–H groups in total. The highest BCUT2D eigenvalue weighted by Gasteiger charge is 2.32. The van der Waals surface area contributed by atoms with E-state index < -0.39 is 69.5 Å². The number of alkyl halides is 3. The first-order valence-corrected chi connectivity index (χ1v) is 23.5. The second kappa shape index (κ2) is 19.0. The number of anilines is 2. The molecule has 3 heterocycles. The molecule has 0 saturated heterocycles. The van der Waals surface area contributed by atoms with Crippen LogP contribution >= 0.6 is 34.8 Å². The number of nitrogens with one attached hydrogen (secondary N) is 2. The molecule has 14 nitrogen and oxygen atoms in total. The molecule has 330 valence electrons. The summed E-state index contributed by atoms with van der Waals surface area (Å²) in [6.45, 7) is 3.46. The number of sulfonamides is 2. The number of carbonyl (C=O) groups excluding carboxylic acids is 2. The van der Waals surface area contributed by atoms with Gasteiger partial charge in [0.1, 0.15) is 17.1 Å². The van der Waals surface area contributed by atoms with E-state index in [2.05, 4.69) is 19.7 Å². The van der Waals surface area contributed by atoms with Gasteiger partial charge in [-0.3, -0.25) is 24.0 Å². The van der Waals surface area contributed by atoms with Crippen LogP contribution in [0.25, 0.3) is 0 Å². The smallest absolute Gasteiger partial charge is 0.416 e. The van der Waals surface area contributed by atoms with Gasteiger partial charge in [-0.05, 0) is 80.1 Å². The molecule has 0 saturated carbocycles. The quantitative estimate of drug-likeness (QED) is 0.111. The van der Waals surface area contributed by atoms with Crippen molar-refractivity contribution in [3.8, 4) is 5.75 Å². The van der Waals surface area contributed by atoms with Crippen LogP contribution in [0, 0.1) is 13.8 Å². The Morgan fingerprint density at radius 3 is 1.78 bits per heavy atom. The number of rotatable bonds is 12. The Hall–Kier alpha value is -5.64. The first-order valence-electron chi connectivity index (χ1n) is 17.5. The van der Waals surface area contributed by atoms with Crippen LogP contribution in [0.2, 0.25) is 15.1 Å². The predicted molar refractivity (Wildman–Crippen MR) is 230 cm³/mol. The van der Waals surface area contributed by atoms with Crippen LogP contribution in [0.4, 0.5) is 24.5 Å². The molecule has 3 aromatic carbocycles. The fourth-order valence-corrected chi connectivity index (χ4v) is 9.28. The zero-order valence-electron chi connectivity index (χ0n) is 32.8. The topological polar surface area (TPSA) is 209 Å². The third-order valence-electron chi connectivity index (χ3n) is 8.64. The number of pyridine rings is 3. The SMILES string of the molecule is COc1cc(S(=O)(=O)Nc2cc(Cl)cnc2C(=O)c2c(C)ccnc2C)ccc1Cl.CS(=O)(=O)c1ccccc1C(=O)c1ncc(Cl)cc1NS(=O)(=O)c1cccc(C(F)(F)F)c1. The van der Waals surface area contributed by atoms with Crippen molar-refractivity contribution in [1.82, 2.24) is 15.0 Å². The number of ketones is 2. The fourth-order valence-electron chi connectivity index (χ4n) is 5.71. The first-order chi connectivity index (χ1) is 29.3. The molecule has 0 unspecified atom stereocenters. The third kappa shape index (κ3) is 11.5. The summed E-state index contributed by atoms with van der Waals surface area (Å²) < 4.78 is 124. The van der Waals surface area contributed by atoms with Crippen molar-refractivity contribution in [1.29, 1.82) is 0 Å². The molecule has 63 heavy (non-hydrogen) atoms. The summed E-state index contributed by atoms with van der Waals surface area (Å²) in [5, 5.41) is 0.349. The number of carbonyl (C=O) groups is 2. The van der Waals surface area contributed by atoms with Crippen LogP contribution in [-0.4, -0.2) is 65.1 Å². The van der Waals surface area contributed by atoms with Crippen LogP contribution in [0.3, 0.4) is 0 Å². The average Bonchev–Trinajstić information content (AvgIpc) is 3.20. The molecular formula is C40H31Cl3F3N5O9S3. The highest BCUT2D eigenvalue weighted by Crippen LogP contribution is 2.33. The summed E-state index contributed by atoms with van der Waals surface area (Å²) >= 11 is 17.9. The Balaban J connectivity index is 0.000000239. The lowest BCUT2D eigenvalue weighted by molar-refractivity contribution is -0.137. The van der Waals surface area contributed by atoms with Gasteiger partial charge in [-0.15, -0.1) is 0 Å². The van der Waals surface area contributed by atoms with Crippen molar-refractivity contribution in [2.75, 3.05) is 22.8 Å². The molecule has 0 bridgehead atoms. The Labute approximate surface area is 374 Å². The maximum absolute atomic E-state index is 13.2. The van der Waals surface area contributed by atoms with E-state index in [0.717, 1.165) is 30.7 Å². The molecule has 6 aromatic rings. The standard InChI is InChI=1S/C20H17Cl2N3O4S.C20H14ClF3N2O5S2/c1-11-6-7-23-12(2)18(11)20(26)19-16(8-13(21)10-24-19)25-30(27,28)14-4-5-15(22)17(9-14)29-3;1-32(28,29)17-8-3-2-7-15(17)19(27)18-16(10-13(21)11-25-18)26-33(30,31)14-6-4-5-12(9-14)20(22,23)24/h4-10,25H,1-3H3;2-11,26H,1H3. The maximum atomic E-state index is 13.2. The molecule has 0 aliphatic carbocycles. The number of aryl methyl sites for hydroxylation is 2. The Kier molecular flexibility index (Phi) is 14.6. The molecule has 0 fully saturated rings. The number of halogens is 6. The summed E-state index contributed by atoms with van der Waals surface area (Å²) in [5.41, 5.74) is -0.983. The molecular weight excluding hydrogens is 954 g/mol. The van der Waals surface area contributed by atoms with E-state index in [9.17, 15) is 48.0 Å². The zero-order valence-corrected chi connectivity index (χ0v) is 37.5. The molecule has 0 aliphatic rings. The van der Waals surface area contributed by atoms with Gasteiger partial charge in [-0.1, -0.05) is 53.0 Å². The lowest BCUT2D eigenvalue weighted by Crippen LogP contribution is -2.18. The number of hydrogen-bond donors (Lipinski definition) is 2. The van der Waals surface area contributed by atoms with Crippen LogP contribution in [0.15, 0.2) is 118 Å². The summed E-state index contributed by atoms with van der Waals surface area (Å²) in [7, 11) is -11.1. The Morgan fingerprint density at radius 1 is 0.683 bits per heavy atom. The van der Waals surface area contributed by atoms with Gasteiger partial charge in [0, 0.05) is 47.7 Å². The molecule has 6 rings (SSSR count). The average molecular weight is 985 g/mol. The van der Waals surface area contributed by atoms with Gasteiger partial charge in [-0.2, -0.15) is 13.2 Å². The normalized spacial score (nSPS) is 11.8. The van der Waals surface area contributed by atoms with Crippen LogP contribution in [0.5, 0.6) is 5.75 Å². The van der Waals surface area contributed by atoms with Crippen molar-refractivity contribution in [3.05, 3.63) is 158 Å². The van der Waals surface area contributed by atoms with E-state index in [4.69, 9.17) is 39.5 Å². The number of sulfone groups is 1. The highest BCUT2D eigenvalue weighted by molar-refractivity contribution is 7.93. The lowest BCUT2D eigenvalue weighted by atomic mass is 10.0. The summed E-state index contributed by atoms with van der Waals surface area (Å²) in [6, 6.07) is 16.3. The van der Waals surface area contributed by atoms with Crippen LogP contribution in [0.1, 0.15) is 48.9 Å². The van der Waals surface area contributed by atoms with Crippen molar-refractivity contribution >= 4 is 87.6 Å². The summed E-state index contributed by atoms with van der Waals surface area (Å²) in [6.07, 6.45) is 0.0262. The van der Waals surface area contributed by atoms with E-state index in [1.54, 1.807) is 26.1 Å². The van der Waals surface area contributed by atoms with Crippen LogP contribution < -0.4 is 14.2 Å². The zero-order chi connectivity index (χ0) is 46.7. The number of aromatic nitrogens is 3. The van der Waals surface area contributed by atoms with E-state index in [0.29, 0.717) is 29.0 Å². The van der Waals surface area contributed by atoms with E-state index in [1.807, 2.05) is 4.72 Å². The highest BCUT2D eigenvalue weighted by atomic mass is 35.5. The third-order valence-corrected chi connectivity index (χ3v) is 13.2. The Bertz CT molecular complexity index is 3100. The van der Waals surface area contributed by atoms with E-state index in [1.165, 1.54) is 61.8 Å². The number of methoxy groups -OCH3 is 1. The van der Waals surface area contributed by atoms with Gasteiger partial charge in [-0.25, -0.2) is 35.2 Å². The van der Waals surface area contributed by atoms with Crippen molar-refractivity contribution < 1.29 is 52.8 Å². The van der Waals surface area contributed by atoms with E-state index in [-0.39, 0.29) is 47.6 Å². The molecule has 0 aliphatic heterocycles.